The van der Waals surface area contributed by atoms with Crippen LogP contribution in [0.15, 0.2) is 76.9 Å². The first-order valence-electron chi connectivity index (χ1n) is 10.8. The summed E-state index contributed by atoms with van der Waals surface area (Å²) in [4.78, 5) is 4.29. The van der Waals surface area contributed by atoms with Crippen molar-refractivity contribution < 1.29 is 17.2 Å². The summed E-state index contributed by atoms with van der Waals surface area (Å²) in [6.07, 6.45) is 2.72. The minimum atomic E-state index is -3.71. The number of imidazole rings is 1. The molecular formula is C26H22Cl2F2N2O2S2. The summed E-state index contributed by atoms with van der Waals surface area (Å²) in [5, 5.41) is 1.49. The van der Waals surface area contributed by atoms with Gasteiger partial charge in [0.05, 0.1) is 21.9 Å². The van der Waals surface area contributed by atoms with Crippen molar-refractivity contribution in [1.82, 2.24) is 9.55 Å². The highest BCUT2D eigenvalue weighted by atomic mass is 35.5. The van der Waals surface area contributed by atoms with Crippen LogP contribution in [0.4, 0.5) is 8.78 Å². The molecule has 3 aromatic carbocycles. The van der Waals surface area contributed by atoms with Crippen molar-refractivity contribution in [2.24, 2.45) is 0 Å². The van der Waals surface area contributed by atoms with Crippen LogP contribution in [0.5, 0.6) is 0 Å². The number of rotatable bonds is 7. The molecule has 10 heteroatoms. The lowest BCUT2D eigenvalue weighted by Crippen LogP contribution is -2.23. The summed E-state index contributed by atoms with van der Waals surface area (Å²) in [6.45, 7) is 4.05. The molecule has 0 spiro atoms. The van der Waals surface area contributed by atoms with E-state index in [0.29, 0.717) is 32.2 Å². The van der Waals surface area contributed by atoms with Gasteiger partial charge in [0.1, 0.15) is 16.5 Å². The SMILES string of the molecule is CC(C)(c1ccc(Cl)c(Cl)c1)c1cnc(SCc2ccc(F)c(S(C)(=O)=O)c2)n1-c1ccc(F)cc1. The van der Waals surface area contributed by atoms with Gasteiger partial charge in [-0.3, -0.25) is 4.57 Å². The van der Waals surface area contributed by atoms with Crippen molar-refractivity contribution in [3.8, 4) is 5.69 Å². The van der Waals surface area contributed by atoms with Crippen LogP contribution < -0.4 is 0 Å². The molecule has 1 aromatic heterocycles. The van der Waals surface area contributed by atoms with Gasteiger partial charge in [-0.15, -0.1) is 0 Å². The van der Waals surface area contributed by atoms with Crippen LogP contribution in [-0.4, -0.2) is 24.2 Å². The van der Waals surface area contributed by atoms with Gasteiger partial charge in [-0.25, -0.2) is 22.2 Å². The Labute approximate surface area is 223 Å². The Bertz CT molecular complexity index is 1540. The normalized spacial score (nSPS) is 12.2. The molecule has 0 fully saturated rings. The molecule has 0 atom stereocenters. The zero-order valence-electron chi connectivity index (χ0n) is 19.6. The van der Waals surface area contributed by atoms with Gasteiger partial charge in [0.15, 0.2) is 15.0 Å². The molecule has 1 heterocycles. The summed E-state index contributed by atoms with van der Waals surface area (Å²) in [6, 6.07) is 15.5. The van der Waals surface area contributed by atoms with Gasteiger partial charge >= 0.3 is 0 Å². The Kier molecular flexibility index (Phi) is 7.53. The highest BCUT2D eigenvalue weighted by Crippen LogP contribution is 2.38. The molecule has 0 bridgehead atoms. The van der Waals surface area contributed by atoms with E-state index in [1.165, 1.54) is 30.0 Å². The van der Waals surface area contributed by atoms with E-state index in [0.717, 1.165) is 23.6 Å². The highest BCUT2D eigenvalue weighted by Gasteiger charge is 2.30. The molecule has 0 radical (unpaired) electrons. The number of hydrogen-bond donors (Lipinski definition) is 0. The largest absolute Gasteiger partial charge is 0.291 e. The van der Waals surface area contributed by atoms with Gasteiger partial charge in [0.2, 0.25) is 0 Å². The molecule has 4 rings (SSSR count). The first-order chi connectivity index (χ1) is 16.9. The van der Waals surface area contributed by atoms with Crippen molar-refractivity contribution in [3.63, 3.8) is 0 Å². The Morgan fingerprint density at radius 3 is 2.31 bits per heavy atom. The smallest absolute Gasteiger partial charge is 0.178 e. The molecule has 4 nitrogen and oxygen atoms in total. The van der Waals surface area contributed by atoms with Crippen molar-refractivity contribution in [2.75, 3.05) is 6.26 Å². The Balaban J connectivity index is 1.77. The first-order valence-corrected chi connectivity index (χ1v) is 14.4. The molecule has 188 valence electrons. The van der Waals surface area contributed by atoms with Crippen LogP contribution in [0.3, 0.4) is 0 Å². The number of sulfone groups is 1. The Morgan fingerprint density at radius 1 is 0.972 bits per heavy atom. The van der Waals surface area contributed by atoms with E-state index in [2.05, 4.69) is 4.98 Å². The van der Waals surface area contributed by atoms with Gasteiger partial charge in [-0.05, 0) is 59.7 Å². The van der Waals surface area contributed by atoms with Gasteiger partial charge in [-0.2, -0.15) is 0 Å². The van der Waals surface area contributed by atoms with Crippen LogP contribution in [0, 0.1) is 11.6 Å². The molecule has 36 heavy (non-hydrogen) atoms. The average molecular weight is 568 g/mol. The quantitative estimate of drug-likeness (QED) is 0.217. The molecule has 0 aliphatic heterocycles. The van der Waals surface area contributed by atoms with Gasteiger partial charge in [0.25, 0.3) is 0 Å². The number of hydrogen-bond acceptors (Lipinski definition) is 4. The monoisotopic (exact) mass is 566 g/mol. The molecule has 0 aliphatic rings. The van der Waals surface area contributed by atoms with Gasteiger partial charge in [0, 0.05) is 23.1 Å². The molecule has 0 unspecified atom stereocenters. The maximum atomic E-state index is 14.0. The summed E-state index contributed by atoms with van der Waals surface area (Å²) in [5.74, 6) is -0.809. The maximum Gasteiger partial charge on any atom is 0.178 e. The first kappa shape index (κ1) is 26.7. The summed E-state index contributed by atoms with van der Waals surface area (Å²) in [7, 11) is -3.71. The van der Waals surface area contributed by atoms with Crippen molar-refractivity contribution in [2.45, 2.75) is 35.1 Å². The predicted molar refractivity (Wildman–Crippen MR) is 141 cm³/mol. The zero-order valence-corrected chi connectivity index (χ0v) is 22.7. The molecule has 0 saturated carbocycles. The fraction of sp³-hybridized carbons (Fsp3) is 0.192. The summed E-state index contributed by atoms with van der Waals surface area (Å²) in [5.41, 5.74) is 2.50. The number of aromatic nitrogens is 2. The lowest BCUT2D eigenvalue weighted by Gasteiger charge is -2.28. The molecule has 0 N–H and O–H groups in total. The third kappa shape index (κ3) is 5.47. The highest BCUT2D eigenvalue weighted by molar-refractivity contribution is 7.98. The molecule has 0 aliphatic carbocycles. The Hall–Kier alpha value is -2.39. The van der Waals surface area contributed by atoms with Crippen LogP contribution in [-0.2, 0) is 21.0 Å². The van der Waals surface area contributed by atoms with Crippen molar-refractivity contribution in [3.05, 3.63) is 105 Å². The maximum absolute atomic E-state index is 14.0. The summed E-state index contributed by atoms with van der Waals surface area (Å²) < 4.78 is 53.5. The molecular weight excluding hydrogens is 545 g/mol. The lowest BCUT2D eigenvalue weighted by atomic mass is 9.81. The fourth-order valence-corrected chi connectivity index (χ4v) is 5.84. The summed E-state index contributed by atoms with van der Waals surface area (Å²) >= 11 is 13.8. The van der Waals surface area contributed by atoms with Crippen molar-refractivity contribution >= 4 is 44.8 Å². The van der Waals surface area contributed by atoms with Gasteiger partial charge < -0.3 is 0 Å². The third-order valence-corrected chi connectivity index (χ3v) is 8.73. The number of halogens is 4. The average Bonchev–Trinajstić information content (AvgIpc) is 3.25. The van der Waals surface area contributed by atoms with E-state index < -0.39 is 21.1 Å². The van der Waals surface area contributed by atoms with Gasteiger partial charge in [-0.1, -0.05) is 60.9 Å². The van der Waals surface area contributed by atoms with Crippen LogP contribution in [0.1, 0.15) is 30.7 Å². The van der Waals surface area contributed by atoms with Crippen molar-refractivity contribution in [1.29, 1.82) is 0 Å². The predicted octanol–water partition coefficient (Wildman–Crippen LogP) is 7.48. The van der Waals surface area contributed by atoms with E-state index in [4.69, 9.17) is 23.2 Å². The minimum absolute atomic E-state index is 0.341. The number of benzene rings is 3. The fourth-order valence-electron chi connectivity index (χ4n) is 3.82. The Morgan fingerprint density at radius 2 is 1.67 bits per heavy atom. The van der Waals surface area contributed by atoms with Crippen LogP contribution >= 0.6 is 35.0 Å². The van der Waals surface area contributed by atoms with E-state index in [-0.39, 0.29) is 10.7 Å². The topological polar surface area (TPSA) is 52.0 Å². The third-order valence-electron chi connectivity index (χ3n) is 5.86. The zero-order chi connectivity index (χ0) is 26.3. The second-order valence-corrected chi connectivity index (χ2v) is 12.6. The lowest BCUT2D eigenvalue weighted by molar-refractivity contribution is 0.570. The van der Waals surface area contributed by atoms with E-state index >= 15 is 0 Å². The molecule has 4 aromatic rings. The number of nitrogens with zero attached hydrogens (tertiary/aromatic N) is 2. The second-order valence-electron chi connectivity index (χ2n) is 8.82. The number of thioether (sulfide) groups is 1. The van der Waals surface area contributed by atoms with Crippen LogP contribution in [0.2, 0.25) is 10.0 Å². The van der Waals surface area contributed by atoms with Crippen LogP contribution in [0.25, 0.3) is 5.69 Å². The standard InChI is InChI=1S/C26H22Cl2F2N2O2S2/c1-26(2,17-5-10-20(27)21(28)13-17)24-14-31-25(32(24)19-8-6-18(29)7-9-19)35-15-16-4-11-22(30)23(12-16)36(3,33)34/h4-14H,15H2,1-3H3. The second kappa shape index (κ2) is 10.2. The van der Waals surface area contributed by atoms with E-state index in [1.807, 2.05) is 30.5 Å². The van der Waals surface area contributed by atoms with E-state index in [9.17, 15) is 17.2 Å². The van der Waals surface area contributed by atoms with E-state index in [1.54, 1.807) is 30.5 Å². The minimum Gasteiger partial charge on any atom is -0.291 e. The molecule has 0 amide bonds. The molecule has 0 saturated heterocycles.